The van der Waals surface area contributed by atoms with Gasteiger partial charge < -0.3 is 0 Å². The van der Waals surface area contributed by atoms with Crippen LogP contribution < -0.4 is 11.3 Å². The van der Waals surface area contributed by atoms with E-state index in [2.05, 4.69) is 24.3 Å². The molecule has 0 amide bonds. The van der Waals surface area contributed by atoms with Crippen LogP contribution in [-0.2, 0) is 0 Å². The number of hydrazine groups is 1. The van der Waals surface area contributed by atoms with Gasteiger partial charge in [-0.1, -0.05) is 25.4 Å². The van der Waals surface area contributed by atoms with Crippen molar-refractivity contribution in [3.63, 3.8) is 0 Å². The fourth-order valence-corrected chi connectivity index (χ4v) is 3.58. The molecule has 3 N–H and O–H groups in total. The molecule has 1 fully saturated rings. The van der Waals surface area contributed by atoms with Crippen LogP contribution in [0.3, 0.4) is 0 Å². The predicted octanol–water partition coefficient (Wildman–Crippen LogP) is 3.31. The first kappa shape index (κ1) is 13.8. The van der Waals surface area contributed by atoms with E-state index in [0.29, 0.717) is 11.1 Å². The zero-order valence-electron chi connectivity index (χ0n) is 11.1. The van der Waals surface area contributed by atoms with Crippen molar-refractivity contribution in [1.29, 1.82) is 0 Å². The Morgan fingerprint density at radius 1 is 1.33 bits per heavy atom. The molecule has 1 saturated carbocycles. The summed E-state index contributed by atoms with van der Waals surface area (Å²) in [5.41, 5.74) is 4.11. The molecular formula is C14H22ClN3. The molecule has 0 radical (unpaired) electrons. The summed E-state index contributed by atoms with van der Waals surface area (Å²) in [6.45, 7) is 4.66. The van der Waals surface area contributed by atoms with Gasteiger partial charge in [0.2, 0.25) is 0 Å². The highest BCUT2D eigenvalue weighted by Crippen LogP contribution is 2.39. The maximum Gasteiger partial charge on any atom is 0.129 e. The van der Waals surface area contributed by atoms with Crippen molar-refractivity contribution in [1.82, 2.24) is 10.4 Å². The Morgan fingerprint density at radius 2 is 2.00 bits per heavy atom. The Balaban J connectivity index is 2.17. The number of nitrogens with one attached hydrogen (secondary N) is 1. The van der Waals surface area contributed by atoms with Crippen LogP contribution in [0.1, 0.15) is 44.7 Å². The number of nitrogens with zero attached hydrogens (tertiary/aromatic N) is 1. The van der Waals surface area contributed by atoms with Crippen molar-refractivity contribution in [3.05, 3.63) is 29.0 Å². The highest BCUT2D eigenvalue weighted by atomic mass is 35.5. The summed E-state index contributed by atoms with van der Waals surface area (Å²) in [5.74, 6) is 7.88. The van der Waals surface area contributed by atoms with E-state index in [1.807, 2.05) is 12.1 Å². The van der Waals surface area contributed by atoms with Crippen LogP contribution in [0.5, 0.6) is 0 Å². The quantitative estimate of drug-likeness (QED) is 0.502. The Bertz CT molecular complexity index is 386. The molecule has 0 saturated heterocycles. The Hall–Kier alpha value is -0.640. The molecule has 1 aliphatic carbocycles. The van der Waals surface area contributed by atoms with Crippen LogP contribution >= 0.6 is 11.6 Å². The number of pyridine rings is 1. The van der Waals surface area contributed by atoms with Gasteiger partial charge in [0.1, 0.15) is 5.15 Å². The molecule has 0 aliphatic heterocycles. The number of hydrogen-bond donors (Lipinski definition) is 2. The molecule has 1 heterocycles. The van der Waals surface area contributed by atoms with E-state index < -0.39 is 0 Å². The molecule has 0 bridgehead atoms. The first-order chi connectivity index (χ1) is 8.60. The summed E-state index contributed by atoms with van der Waals surface area (Å²) in [7, 11) is 0. The number of nitrogens with two attached hydrogens (primary N) is 1. The van der Waals surface area contributed by atoms with Crippen LogP contribution in [0.25, 0.3) is 0 Å². The smallest absolute Gasteiger partial charge is 0.129 e. The fraction of sp³-hybridized carbons (Fsp3) is 0.643. The van der Waals surface area contributed by atoms with Gasteiger partial charge in [-0.05, 0) is 54.7 Å². The monoisotopic (exact) mass is 267 g/mol. The van der Waals surface area contributed by atoms with Crippen molar-refractivity contribution in [2.24, 2.45) is 23.6 Å². The van der Waals surface area contributed by atoms with Crippen LogP contribution in [0.15, 0.2) is 18.3 Å². The van der Waals surface area contributed by atoms with Crippen molar-refractivity contribution < 1.29 is 0 Å². The lowest BCUT2D eigenvalue weighted by molar-refractivity contribution is 0.177. The molecule has 2 rings (SSSR count). The van der Waals surface area contributed by atoms with Gasteiger partial charge in [-0.3, -0.25) is 11.3 Å². The number of halogens is 1. The minimum atomic E-state index is 0.177. The second-order valence-electron chi connectivity index (χ2n) is 5.73. The summed E-state index contributed by atoms with van der Waals surface area (Å²) >= 11 is 5.96. The number of rotatable bonds is 3. The van der Waals surface area contributed by atoms with Crippen molar-refractivity contribution in [2.75, 3.05) is 0 Å². The highest BCUT2D eigenvalue weighted by molar-refractivity contribution is 6.29. The van der Waals surface area contributed by atoms with E-state index in [4.69, 9.17) is 17.4 Å². The van der Waals surface area contributed by atoms with E-state index >= 15 is 0 Å². The van der Waals surface area contributed by atoms with Crippen LogP contribution in [-0.4, -0.2) is 4.98 Å². The van der Waals surface area contributed by atoms with Crippen LogP contribution in [0.4, 0.5) is 0 Å². The third-order valence-electron chi connectivity index (χ3n) is 3.98. The zero-order chi connectivity index (χ0) is 13.1. The van der Waals surface area contributed by atoms with Gasteiger partial charge in [-0.2, -0.15) is 0 Å². The third-order valence-corrected chi connectivity index (χ3v) is 4.18. The first-order valence-corrected chi connectivity index (χ1v) is 7.05. The summed E-state index contributed by atoms with van der Waals surface area (Å²) in [4.78, 5) is 4.03. The molecule has 1 aromatic rings. The topological polar surface area (TPSA) is 50.9 Å². The summed E-state index contributed by atoms with van der Waals surface area (Å²) < 4.78 is 0. The van der Waals surface area contributed by atoms with E-state index in [0.717, 1.165) is 17.4 Å². The second-order valence-corrected chi connectivity index (χ2v) is 6.12. The molecule has 1 aromatic heterocycles. The lowest BCUT2D eigenvalue weighted by atomic mass is 9.72. The third kappa shape index (κ3) is 3.22. The molecule has 18 heavy (non-hydrogen) atoms. The molecular weight excluding hydrogens is 246 g/mol. The molecule has 3 nitrogen and oxygen atoms in total. The average molecular weight is 268 g/mol. The van der Waals surface area contributed by atoms with Gasteiger partial charge in [0.25, 0.3) is 0 Å². The van der Waals surface area contributed by atoms with Gasteiger partial charge in [0.05, 0.1) is 0 Å². The highest BCUT2D eigenvalue weighted by Gasteiger charge is 2.30. The predicted molar refractivity (Wildman–Crippen MR) is 75.0 cm³/mol. The molecule has 0 spiro atoms. The van der Waals surface area contributed by atoms with Gasteiger partial charge in [0.15, 0.2) is 0 Å². The number of hydrogen-bond acceptors (Lipinski definition) is 3. The summed E-state index contributed by atoms with van der Waals surface area (Å²) in [5, 5.41) is 0.532. The van der Waals surface area contributed by atoms with E-state index in [-0.39, 0.29) is 6.04 Å². The van der Waals surface area contributed by atoms with Gasteiger partial charge in [0, 0.05) is 12.2 Å². The Morgan fingerprint density at radius 3 is 2.56 bits per heavy atom. The zero-order valence-corrected chi connectivity index (χ0v) is 11.8. The molecule has 3 unspecified atom stereocenters. The van der Waals surface area contributed by atoms with Crippen LogP contribution in [0.2, 0.25) is 5.15 Å². The average Bonchev–Trinajstić information content (AvgIpc) is 2.28. The Kier molecular flexibility index (Phi) is 4.60. The van der Waals surface area contributed by atoms with Crippen LogP contribution in [0, 0.1) is 17.8 Å². The lowest BCUT2D eigenvalue weighted by Crippen LogP contribution is -2.37. The molecule has 1 aliphatic rings. The summed E-state index contributed by atoms with van der Waals surface area (Å²) in [6.07, 6.45) is 5.51. The maximum atomic E-state index is 5.96. The summed E-state index contributed by atoms with van der Waals surface area (Å²) in [6, 6.07) is 4.09. The standard InChI is InChI=1S/C14H22ClN3/c1-9-5-10(2)7-12(6-9)14(18-16)11-3-4-17-13(15)8-11/h3-4,8-10,12,14,18H,5-7,16H2,1-2H3. The van der Waals surface area contributed by atoms with Gasteiger partial charge in [-0.15, -0.1) is 0 Å². The Labute approximate surface area is 114 Å². The molecule has 100 valence electrons. The lowest BCUT2D eigenvalue weighted by Gasteiger charge is -2.36. The largest absolute Gasteiger partial charge is 0.271 e. The molecule has 4 heteroatoms. The second kappa shape index (κ2) is 6.00. The van der Waals surface area contributed by atoms with E-state index in [1.54, 1.807) is 6.20 Å². The van der Waals surface area contributed by atoms with E-state index in [9.17, 15) is 0 Å². The number of aromatic nitrogens is 1. The van der Waals surface area contributed by atoms with E-state index in [1.165, 1.54) is 19.3 Å². The molecule has 0 aromatic carbocycles. The minimum Gasteiger partial charge on any atom is -0.271 e. The normalized spacial score (nSPS) is 30.1. The maximum absolute atomic E-state index is 5.96. The first-order valence-electron chi connectivity index (χ1n) is 6.67. The minimum absolute atomic E-state index is 0.177. The fourth-order valence-electron chi connectivity index (χ4n) is 3.40. The van der Waals surface area contributed by atoms with Crippen molar-refractivity contribution in [3.8, 4) is 0 Å². The van der Waals surface area contributed by atoms with Crippen molar-refractivity contribution in [2.45, 2.75) is 39.2 Å². The van der Waals surface area contributed by atoms with Crippen molar-refractivity contribution >= 4 is 11.6 Å². The SMILES string of the molecule is CC1CC(C)CC(C(NN)c2ccnc(Cl)c2)C1. The van der Waals surface area contributed by atoms with Gasteiger partial charge >= 0.3 is 0 Å². The molecule has 3 atom stereocenters. The van der Waals surface area contributed by atoms with Gasteiger partial charge in [-0.25, -0.2) is 4.98 Å².